The fourth-order valence-corrected chi connectivity index (χ4v) is 4.62. The first-order valence-corrected chi connectivity index (χ1v) is 12.2. The van der Waals surface area contributed by atoms with E-state index in [9.17, 15) is 19.5 Å². The van der Waals surface area contributed by atoms with Gasteiger partial charge in [-0.15, -0.1) is 0 Å². The molecule has 2 aliphatic heterocycles. The van der Waals surface area contributed by atoms with Gasteiger partial charge in [-0.05, 0) is 30.5 Å². The van der Waals surface area contributed by atoms with E-state index in [0.29, 0.717) is 0 Å². The molecule has 2 heterocycles. The van der Waals surface area contributed by atoms with Gasteiger partial charge in [0.05, 0.1) is 23.8 Å². The smallest absolute Gasteiger partial charge is 0.338 e. The van der Waals surface area contributed by atoms with Crippen LogP contribution in [0.3, 0.4) is 0 Å². The first kappa shape index (κ1) is 29.5. The molecular formula is C25H33N3O10. The predicted octanol–water partition coefficient (Wildman–Crippen LogP) is 2.16. The van der Waals surface area contributed by atoms with E-state index in [-0.39, 0.29) is 12.2 Å². The molecule has 0 bridgehead atoms. The fraction of sp³-hybridized carbons (Fsp3) is 0.640. The van der Waals surface area contributed by atoms with Crippen molar-refractivity contribution in [2.75, 3.05) is 13.7 Å². The Hall–Kier alpha value is -3.06. The van der Waals surface area contributed by atoms with E-state index >= 15 is 0 Å². The molecule has 38 heavy (non-hydrogen) atoms. The number of hydrogen-bond acceptors (Lipinski definition) is 11. The van der Waals surface area contributed by atoms with E-state index < -0.39 is 78.7 Å². The van der Waals surface area contributed by atoms with Crippen molar-refractivity contribution in [1.82, 2.24) is 0 Å². The van der Waals surface area contributed by atoms with Crippen LogP contribution in [0.1, 0.15) is 38.1 Å². The molecule has 0 aliphatic carbocycles. The average molecular weight is 536 g/mol. The number of Topliss-reactive ketones (excluding diaryl/α,β-unsaturated/α-hetero) is 1. The van der Waals surface area contributed by atoms with Crippen molar-refractivity contribution in [3.63, 3.8) is 0 Å². The van der Waals surface area contributed by atoms with Gasteiger partial charge in [0.2, 0.25) is 0 Å². The number of benzene rings is 1. The first-order chi connectivity index (χ1) is 18.1. The Balaban J connectivity index is 1.94. The van der Waals surface area contributed by atoms with Crippen LogP contribution in [0.25, 0.3) is 10.4 Å². The maximum absolute atomic E-state index is 12.9. The van der Waals surface area contributed by atoms with Crippen molar-refractivity contribution in [3.8, 4) is 0 Å². The monoisotopic (exact) mass is 535 g/mol. The second-order valence-electron chi connectivity index (χ2n) is 9.36. The summed E-state index contributed by atoms with van der Waals surface area (Å²) in [7, 11) is 1.38. The van der Waals surface area contributed by atoms with Gasteiger partial charge in [0.25, 0.3) is 0 Å². The van der Waals surface area contributed by atoms with Crippen LogP contribution in [0.4, 0.5) is 0 Å². The lowest BCUT2D eigenvalue weighted by molar-refractivity contribution is -0.326. The van der Waals surface area contributed by atoms with Crippen LogP contribution < -0.4 is 0 Å². The summed E-state index contributed by atoms with van der Waals surface area (Å²) in [5, 5.41) is 14.6. The number of ether oxygens (including phenoxy) is 6. The average Bonchev–Trinajstić information content (AvgIpc) is 2.89. The topological polar surface area (TPSA) is 176 Å². The molecule has 1 N–H and O–H groups in total. The second kappa shape index (κ2) is 13.1. The minimum atomic E-state index is -1.32. The zero-order chi connectivity index (χ0) is 28.0. The molecule has 208 valence electrons. The zero-order valence-electron chi connectivity index (χ0n) is 21.8. The molecular weight excluding hydrogens is 502 g/mol. The molecule has 1 aromatic carbocycles. The fourth-order valence-electron chi connectivity index (χ4n) is 4.62. The summed E-state index contributed by atoms with van der Waals surface area (Å²) >= 11 is 0. The maximum Gasteiger partial charge on any atom is 0.338 e. The van der Waals surface area contributed by atoms with E-state index in [1.807, 2.05) is 0 Å². The summed E-state index contributed by atoms with van der Waals surface area (Å²) < 4.78 is 34.3. The Kier molecular flexibility index (Phi) is 10.2. The molecule has 13 heteroatoms. The Labute approximate surface area is 219 Å². The van der Waals surface area contributed by atoms with Gasteiger partial charge in [-0.1, -0.05) is 37.2 Å². The highest BCUT2D eigenvalue weighted by Gasteiger charge is 2.52. The van der Waals surface area contributed by atoms with Crippen molar-refractivity contribution in [2.24, 2.45) is 17.0 Å². The highest BCUT2D eigenvalue weighted by atomic mass is 16.7. The summed E-state index contributed by atoms with van der Waals surface area (Å²) in [6, 6.07) is 7.41. The number of carbonyl (C=O) groups excluding carboxylic acids is 3. The molecule has 2 aliphatic rings. The van der Waals surface area contributed by atoms with Gasteiger partial charge in [0, 0.05) is 24.9 Å². The van der Waals surface area contributed by atoms with Crippen molar-refractivity contribution in [1.29, 1.82) is 0 Å². The Bertz CT molecular complexity index is 1030. The summed E-state index contributed by atoms with van der Waals surface area (Å²) in [6.07, 6.45) is -7.74. The Morgan fingerprint density at radius 1 is 1.05 bits per heavy atom. The van der Waals surface area contributed by atoms with Gasteiger partial charge in [0.15, 0.2) is 24.5 Å². The number of azide groups is 1. The standard InChI is InChI=1S/C25H33N3O10/c1-12-18(27-28-26)24(33-5)35-17(11-34-15(4)30)20(12)37-25-21(13(2)19(31)22(38-25)14(3)29)36-23(32)16-9-7-6-8-10-16/h6-10,12-13,17-22,24-25,31H,11H2,1-5H3/t12-,13+,17?,18?,19-,20-,21?,22?,24-,25-/m1/s1. The van der Waals surface area contributed by atoms with Crippen LogP contribution in [0.5, 0.6) is 0 Å². The van der Waals surface area contributed by atoms with E-state index in [4.69, 9.17) is 34.0 Å². The molecule has 2 saturated heterocycles. The van der Waals surface area contributed by atoms with Crippen molar-refractivity contribution >= 4 is 17.7 Å². The number of aliphatic hydroxyl groups excluding tert-OH is 1. The number of hydrogen-bond donors (Lipinski definition) is 1. The van der Waals surface area contributed by atoms with Crippen LogP contribution in [-0.2, 0) is 38.0 Å². The molecule has 0 radical (unpaired) electrons. The van der Waals surface area contributed by atoms with Gasteiger partial charge in [-0.2, -0.15) is 0 Å². The molecule has 0 amide bonds. The minimum absolute atomic E-state index is 0.220. The Morgan fingerprint density at radius 3 is 2.32 bits per heavy atom. The highest BCUT2D eigenvalue weighted by molar-refractivity contribution is 5.89. The van der Waals surface area contributed by atoms with Crippen LogP contribution in [0.2, 0.25) is 0 Å². The molecule has 2 fully saturated rings. The molecule has 1 aromatic rings. The summed E-state index contributed by atoms with van der Waals surface area (Å²) in [4.78, 5) is 39.6. The lowest BCUT2D eigenvalue weighted by Gasteiger charge is -2.47. The highest BCUT2D eigenvalue weighted by Crippen LogP contribution is 2.36. The van der Waals surface area contributed by atoms with E-state index in [0.717, 1.165) is 0 Å². The third kappa shape index (κ3) is 6.68. The molecule has 13 nitrogen and oxygen atoms in total. The van der Waals surface area contributed by atoms with Gasteiger partial charge in [-0.3, -0.25) is 9.59 Å². The second-order valence-corrected chi connectivity index (χ2v) is 9.36. The summed E-state index contributed by atoms with van der Waals surface area (Å²) in [5.74, 6) is -2.99. The number of ketones is 1. The Morgan fingerprint density at radius 2 is 1.74 bits per heavy atom. The molecule has 0 saturated carbocycles. The largest absolute Gasteiger partial charge is 0.463 e. The van der Waals surface area contributed by atoms with Gasteiger partial charge >= 0.3 is 11.9 Å². The van der Waals surface area contributed by atoms with Gasteiger partial charge in [0.1, 0.15) is 18.8 Å². The molecule has 3 rings (SSSR count). The SMILES string of the molecule is CO[C@@H]1OC(COC(C)=O)[C@H](O[C@@H]2OC(C(C)=O)[C@H](O)[C@H](C)C2OC(=O)c2ccccc2)[C@H](C)C1N=[N+]=[N-]. The van der Waals surface area contributed by atoms with Crippen LogP contribution in [0, 0.1) is 11.8 Å². The van der Waals surface area contributed by atoms with Crippen molar-refractivity contribution in [3.05, 3.63) is 46.3 Å². The molecule has 0 aromatic heterocycles. The number of esters is 2. The van der Waals surface area contributed by atoms with Crippen molar-refractivity contribution < 1.29 is 47.9 Å². The van der Waals surface area contributed by atoms with Crippen LogP contribution in [0.15, 0.2) is 35.4 Å². The van der Waals surface area contributed by atoms with Gasteiger partial charge < -0.3 is 33.5 Å². The van der Waals surface area contributed by atoms with E-state index in [1.54, 1.807) is 44.2 Å². The quantitative estimate of drug-likeness (QED) is 0.213. The van der Waals surface area contributed by atoms with E-state index in [2.05, 4.69) is 10.0 Å². The summed E-state index contributed by atoms with van der Waals surface area (Å²) in [5.41, 5.74) is 9.37. The van der Waals surface area contributed by atoms with Gasteiger partial charge in [-0.25, -0.2) is 4.79 Å². The first-order valence-electron chi connectivity index (χ1n) is 12.2. The third-order valence-corrected chi connectivity index (χ3v) is 6.74. The number of nitrogens with zero attached hydrogens (tertiary/aromatic N) is 3. The number of aliphatic hydroxyl groups is 1. The third-order valence-electron chi connectivity index (χ3n) is 6.74. The zero-order valence-corrected chi connectivity index (χ0v) is 21.8. The lowest BCUT2D eigenvalue weighted by atomic mass is 9.87. The molecule has 10 atom stereocenters. The predicted molar refractivity (Wildman–Crippen MR) is 129 cm³/mol. The van der Waals surface area contributed by atoms with Crippen LogP contribution in [-0.4, -0.2) is 85.7 Å². The van der Waals surface area contributed by atoms with E-state index in [1.165, 1.54) is 21.0 Å². The summed E-state index contributed by atoms with van der Waals surface area (Å²) in [6.45, 7) is 5.63. The number of methoxy groups -OCH3 is 1. The molecule has 4 unspecified atom stereocenters. The number of rotatable bonds is 9. The molecule has 0 spiro atoms. The minimum Gasteiger partial charge on any atom is -0.463 e. The normalized spacial score (nSPS) is 35.0. The van der Waals surface area contributed by atoms with Crippen LogP contribution >= 0.6 is 0 Å². The van der Waals surface area contributed by atoms with Crippen molar-refractivity contribution in [2.45, 2.75) is 76.8 Å². The maximum atomic E-state index is 12.9. The lowest BCUT2D eigenvalue weighted by Crippen LogP contribution is -2.61. The number of carbonyl (C=O) groups is 3.